The highest BCUT2D eigenvalue weighted by Gasteiger charge is 2.58. The number of hydrogen-bond donors (Lipinski definition) is 2. The zero-order valence-corrected chi connectivity index (χ0v) is 23.3. The van der Waals surface area contributed by atoms with E-state index in [1.165, 1.54) is 10.9 Å². The number of fused-ring (bicyclic) bond motifs is 1. The van der Waals surface area contributed by atoms with Gasteiger partial charge in [0.1, 0.15) is 36.7 Å². The highest BCUT2D eigenvalue weighted by atomic mass is 35.5. The maximum absolute atomic E-state index is 14.8. The molecule has 206 valence electrons. The van der Waals surface area contributed by atoms with E-state index in [4.69, 9.17) is 66.3 Å². The number of aromatic nitrogens is 3. The lowest BCUT2D eigenvalue weighted by atomic mass is 9.95. The summed E-state index contributed by atoms with van der Waals surface area (Å²) >= 11 is 24.6. The van der Waals surface area contributed by atoms with Crippen LogP contribution >= 0.6 is 46.4 Å². The SMILES string of the molecule is Nc1ncnc2c1ccn2[C@@H]1O[C@H](COCc2ccc(Cl)cc2Cl)[C@@H](OCc2ccc(Cl)cc2Cl)[C@]1(O)CF. The monoisotopic (exact) mass is 614 g/mol. The third-order valence-electron chi connectivity index (χ3n) is 6.56. The fraction of sp³-hybridized carbons (Fsp3) is 0.308. The van der Waals surface area contributed by atoms with Crippen molar-refractivity contribution in [3.8, 4) is 0 Å². The second-order valence-electron chi connectivity index (χ2n) is 9.09. The van der Waals surface area contributed by atoms with E-state index in [9.17, 15) is 9.50 Å². The van der Waals surface area contributed by atoms with Gasteiger partial charge in [0.05, 0.1) is 25.2 Å². The van der Waals surface area contributed by atoms with Gasteiger partial charge in [-0.05, 0) is 41.5 Å². The Hall–Kier alpha value is -2.21. The Bertz CT molecular complexity index is 1490. The molecule has 2 aromatic heterocycles. The third kappa shape index (κ3) is 5.68. The minimum Gasteiger partial charge on any atom is -0.383 e. The second-order valence-corrected chi connectivity index (χ2v) is 10.8. The molecule has 4 atom stereocenters. The lowest BCUT2D eigenvalue weighted by molar-refractivity contribution is -0.135. The van der Waals surface area contributed by atoms with E-state index in [1.807, 2.05) is 0 Å². The predicted molar refractivity (Wildman–Crippen MR) is 148 cm³/mol. The molecule has 2 aromatic carbocycles. The molecule has 3 heterocycles. The first kappa shape index (κ1) is 28.3. The lowest BCUT2D eigenvalue weighted by Crippen LogP contribution is -2.50. The number of hydrogen-bond acceptors (Lipinski definition) is 7. The van der Waals surface area contributed by atoms with Crippen molar-refractivity contribution in [2.75, 3.05) is 19.0 Å². The van der Waals surface area contributed by atoms with Crippen molar-refractivity contribution in [2.24, 2.45) is 0 Å². The Labute approximate surface area is 243 Å². The van der Waals surface area contributed by atoms with Crippen molar-refractivity contribution in [3.63, 3.8) is 0 Å². The molecule has 0 unspecified atom stereocenters. The summed E-state index contributed by atoms with van der Waals surface area (Å²) in [5.74, 6) is 0.241. The number of halogens is 5. The lowest BCUT2D eigenvalue weighted by Gasteiger charge is -2.32. The van der Waals surface area contributed by atoms with Gasteiger partial charge in [0, 0.05) is 26.3 Å². The van der Waals surface area contributed by atoms with Crippen LogP contribution in [0.4, 0.5) is 10.2 Å². The molecule has 0 saturated carbocycles. The van der Waals surface area contributed by atoms with E-state index in [0.717, 1.165) is 0 Å². The molecule has 1 saturated heterocycles. The van der Waals surface area contributed by atoms with Gasteiger partial charge in [-0.1, -0.05) is 58.5 Å². The summed E-state index contributed by atoms with van der Waals surface area (Å²) in [4.78, 5) is 8.24. The molecule has 39 heavy (non-hydrogen) atoms. The van der Waals surface area contributed by atoms with E-state index in [-0.39, 0.29) is 25.6 Å². The molecule has 5 rings (SSSR count). The van der Waals surface area contributed by atoms with E-state index in [1.54, 1.807) is 48.7 Å². The summed E-state index contributed by atoms with van der Waals surface area (Å²) in [6.07, 6.45) is -0.371. The number of alkyl halides is 1. The number of nitrogens with two attached hydrogens (primary N) is 1. The molecular weight excluding hydrogens is 593 g/mol. The van der Waals surface area contributed by atoms with Crippen molar-refractivity contribution in [1.82, 2.24) is 14.5 Å². The minimum atomic E-state index is -2.11. The third-order valence-corrected chi connectivity index (χ3v) is 7.73. The quantitative estimate of drug-likeness (QED) is 0.237. The van der Waals surface area contributed by atoms with E-state index in [0.29, 0.717) is 42.3 Å². The summed E-state index contributed by atoms with van der Waals surface area (Å²) in [6.45, 7) is -1.15. The first-order valence-electron chi connectivity index (χ1n) is 11.8. The first-order chi connectivity index (χ1) is 18.7. The molecule has 8 nitrogen and oxygen atoms in total. The molecule has 3 N–H and O–H groups in total. The molecule has 1 aliphatic heterocycles. The molecule has 0 spiro atoms. The van der Waals surface area contributed by atoms with Crippen molar-refractivity contribution in [1.29, 1.82) is 0 Å². The van der Waals surface area contributed by atoms with Gasteiger partial charge < -0.3 is 29.6 Å². The number of anilines is 1. The molecular formula is C26H23Cl4FN4O4. The number of aliphatic hydroxyl groups is 1. The summed E-state index contributed by atoms with van der Waals surface area (Å²) in [5.41, 5.74) is 5.53. The second kappa shape index (κ2) is 11.7. The van der Waals surface area contributed by atoms with Gasteiger partial charge in [0.2, 0.25) is 0 Å². The van der Waals surface area contributed by atoms with E-state index >= 15 is 0 Å². The van der Waals surface area contributed by atoms with Crippen LogP contribution in [-0.2, 0) is 27.4 Å². The fourth-order valence-corrected chi connectivity index (χ4v) is 5.49. The van der Waals surface area contributed by atoms with Gasteiger partial charge in [-0.3, -0.25) is 0 Å². The average molecular weight is 616 g/mol. The smallest absolute Gasteiger partial charge is 0.170 e. The fourth-order valence-electron chi connectivity index (χ4n) is 4.57. The van der Waals surface area contributed by atoms with Crippen LogP contribution in [-0.4, -0.2) is 50.7 Å². The molecule has 1 aliphatic rings. The molecule has 4 aromatic rings. The van der Waals surface area contributed by atoms with Crippen LogP contribution in [0.15, 0.2) is 55.0 Å². The Morgan fingerprint density at radius 1 is 1.00 bits per heavy atom. The number of nitrogens with zero attached hydrogens (tertiary/aromatic N) is 3. The van der Waals surface area contributed by atoms with Crippen LogP contribution in [0.1, 0.15) is 17.4 Å². The van der Waals surface area contributed by atoms with Crippen LogP contribution in [0.3, 0.4) is 0 Å². The average Bonchev–Trinajstić information content (AvgIpc) is 3.45. The zero-order chi connectivity index (χ0) is 27.7. The first-order valence-corrected chi connectivity index (χ1v) is 13.3. The molecule has 0 amide bonds. The maximum Gasteiger partial charge on any atom is 0.170 e. The van der Waals surface area contributed by atoms with Gasteiger partial charge >= 0.3 is 0 Å². The number of rotatable bonds is 9. The highest BCUT2D eigenvalue weighted by Crippen LogP contribution is 2.43. The van der Waals surface area contributed by atoms with Crippen LogP contribution in [0.25, 0.3) is 11.0 Å². The van der Waals surface area contributed by atoms with Crippen molar-refractivity contribution >= 4 is 63.3 Å². The molecule has 13 heteroatoms. The number of benzene rings is 2. The topological polar surface area (TPSA) is 105 Å². The largest absolute Gasteiger partial charge is 0.383 e. The zero-order valence-electron chi connectivity index (χ0n) is 20.2. The Kier molecular flexibility index (Phi) is 8.51. The maximum atomic E-state index is 14.8. The Morgan fingerprint density at radius 3 is 2.31 bits per heavy atom. The van der Waals surface area contributed by atoms with Crippen molar-refractivity contribution in [3.05, 3.63) is 86.2 Å². The summed E-state index contributed by atoms with van der Waals surface area (Å²) in [5, 5.41) is 14.0. The normalized spacial score (nSPS) is 23.1. The van der Waals surface area contributed by atoms with Gasteiger partial charge in [0.15, 0.2) is 11.8 Å². The van der Waals surface area contributed by atoms with Gasteiger partial charge in [-0.25, -0.2) is 14.4 Å². The van der Waals surface area contributed by atoms with Crippen molar-refractivity contribution in [2.45, 2.75) is 37.3 Å². The van der Waals surface area contributed by atoms with Crippen LogP contribution in [0, 0.1) is 0 Å². The van der Waals surface area contributed by atoms with Crippen molar-refractivity contribution < 1.29 is 23.7 Å². The molecule has 0 bridgehead atoms. The standard InChI is InChI=1S/C26H23Cl4FN4O4/c27-16-3-1-14(19(29)7-16)9-37-11-21-22(38-10-15-2-4-17(28)8-20(15)30)26(36,12-31)25(39-21)35-6-5-18-23(32)33-13-34-24(18)35/h1-8,13,21-22,25,36H,9-12H2,(H2,32,33,34)/t21-,22-,25-,26-/m1/s1. The number of nitrogen functional groups attached to an aromatic ring is 1. The van der Waals surface area contributed by atoms with E-state index in [2.05, 4.69) is 9.97 Å². The van der Waals surface area contributed by atoms with Crippen LogP contribution in [0.5, 0.6) is 0 Å². The minimum absolute atomic E-state index is 0.0416. The van der Waals surface area contributed by atoms with E-state index < -0.39 is 30.7 Å². The summed E-state index contributed by atoms with van der Waals surface area (Å²) in [6, 6.07) is 11.6. The van der Waals surface area contributed by atoms with Gasteiger partial charge in [-0.15, -0.1) is 0 Å². The Morgan fingerprint density at radius 2 is 1.67 bits per heavy atom. The summed E-state index contributed by atoms with van der Waals surface area (Å²) in [7, 11) is 0. The van der Waals surface area contributed by atoms with Crippen LogP contribution < -0.4 is 5.73 Å². The van der Waals surface area contributed by atoms with Gasteiger partial charge in [-0.2, -0.15) is 0 Å². The Balaban J connectivity index is 1.43. The van der Waals surface area contributed by atoms with Gasteiger partial charge in [0.25, 0.3) is 0 Å². The molecule has 0 radical (unpaired) electrons. The molecule has 1 fully saturated rings. The van der Waals surface area contributed by atoms with Crippen LogP contribution in [0.2, 0.25) is 20.1 Å². The molecule has 0 aliphatic carbocycles. The predicted octanol–water partition coefficient (Wildman–Crippen LogP) is 6.03. The summed E-state index contributed by atoms with van der Waals surface area (Å²) < 4.78 is 34.5. The highest BCUT2D eigenvalue weighted by molar-refractivity contribution is 6.35. The number of ether oxygens (including phenoxy) is 3.